The number of hydroxylamine groups is 3. The van der Waals surface area contributed by atoms with Crippen molar-refractivity contribution in [2.75, 3.05) is 19.6 Å². The number of carbonyl (C=O) groups is 1. The molecular weight excluding hydrogens is 324 g/mol. The molecule has 0 aromatic carbocycles. The second-order valence-corrected chi connectivity index (χ2v) is 7.87. The van der Waals surface area contributed by atoms with E-state index in [2.05, 4.69) is 0 Å². The van der Waals surface area contributed by atoms with Gasteiger partial charge in [-0.1, -0.05) is 6.07 Å². The van der Waals surface area contributed by atoms with Crippen molar-refractivity contribution >= 4 is 17.4 Å². The first-order valence-electron chi connectivity index (χ1n) is 8.62. The van der Waals surface area contributed by atoms with Crippen molar-refractivity contribution in [3.63, 3.8) is 0 Å². The summed E-state index contributed by atoms with van der Waals surface area (Å²) >= 11 is 1.65. The molecule has 6 heteroatoms. The van der Waals surface area contributed by atoms with Crippen LogP contribution >= 0.6 is 11.3 Å². The molecule has 0 unspecified atom stereocenters. The summed E-state index contributed by atoms with van der Waals surface area (Å²) in [4.78, 5) is 21.8. The molecule has 0 N–H and O–H groups in total. The van der Waals surface area contributed by atoms with E-state index in [1.54, 1.807) is 22.5 Å². The van der Waals surface area contributed by atoms with E-state index in [0.29, 0.717) is 17.7 Å². The lowest BCUT2D eigenvalue weighted by Gasteiger charge is -2.45. The molecule has 3 aliphatic heterocycles. The molecule has 0 aliphatic carbocycles. The second-order valence-electron chi connectivity index (χ2n) is 6.83. The van der Waals surface area contributed by atoms with E-state index in [-0.39, 0.29) is 6.09 Å². The highest BCUT2D eigenvalue weighted by molar-refractivity contribution is 7.09. The fraction of sp³-hybridized carbons (Fsp3) is 0.500. The van der Waals surface area contributed by atoms with Crippen LogP contribution in [0, 0.1) is 5.92 Å². The standard InChI is InChI=1S/C18H23N2O3S/c21-18(23-20-8-5-15(6-9-20)7-10-20)19(13-16-3-1-11-22-16)14-17-4-2-12-24-17/h1-4,11-12,15H,5-10,13-14H2/q+1. The Morgan fingerprint density at radius 2 is 2.00 bits per heavy atom. The number of nitrogens with zero attached hydrogens (tertiary/aromatic N) is 2. The van der Waals surface area contributed by atoms with Gasteiger partial charge in [-0.15, -0.1) is 16.0 Å². The molecule has 24 heavy (non-hydrogen) atoms. The van der Waals surface area contributed by atoms with Crippen LogP contribution in [0.1, 0.15) is 29.9 Å². The smallest absolute Gasteiger partial charge is 0.465 e. The van der Waals surface area contributed by atoms with Gasteiger partial charge in [0.2, 0.25) is 0 Å². The van der Waals surface area contributed by atoms with Gasteiger partial charge in [-0.2, -0.15) is 0 Å². The Hall–Kier alpha value is -1.79. The summed E-state index contributed by atoms with van der Waals surface area (Å²) in [5, 5.41) is 2.03. The molecule has 1 amide bonds. The Morgan fingerprint density at radius 3 is 2.62 bits per heavy atom. The third-order valence-electron chi connectivity index (χ3n) is 5.22. The molecule has 2 aromatic rings. The molecule has 2 bridgehead atoms. The van der Waals surface area contributed by atoms with Gasteiger partial charge in [0.25, 0.3) is 0 Å². The maximum Gasteiger partial charge on any atom is 0.465 e. The van der Waals surface area contributed by atoms with Gasteiger partial charge in [0, 0.05) is 24.1 Å². The highest BCUT2D eigenvalue weighted by Crippen LogP contribution is 2.34. The van der Waals surface area contributed by atoms with Gasteiger partial charge in [0.05, 0.1) is 19.4 Å². The Kier molecular flexibility index (Phi) is 4.33. The molecule has 0 spiro atoms. The fourth-order valence-corrected chi connectivity index (χ4v) is 4.47. The normalized spacial score (nSPS) is 25.6. The zero-order chi connectivity index (χ0) is 16.4. The van der Waals surface area contributed by atoms with Gasteiger partial charge in [-0.05, 0) is 29.5 Å². The van der Waals surface area contributed by atoms with Gasteiger partial charge < -0.3 is 4.42 Å². The minimum atomic E-state index is -0.236. The Morgan fingerprint density at radius 1 is 1.21 bits per heavy atom. The van der Waals surface area contributed by atoms with Crippen LogP contribution in [0.15, 0.2) is 40.3 Å². The van der Waals surface area contributed by atoms with E-state index in [1.165, 1.54) is 19.3 Å². The molecule has 3 saturated heterocycles. The summed E-state index contributed by atoms with van der Waals surface area (Å²) in [6.07, 6.45) is 4.93. The lowest BCUT2D eigenvalue weighted by molar-refractivity contribution is -1.10. The van der Waals surface area contributed by atoms with Crippen molar-refractivity contribution in [1.82, 2.24) is 4.90 Å². The monoisotopic (exact) mass is 347 g/mol. The van der Waals surface area contributed by atoms with E-state index in [0.717, 1.165) is 36.2 Å². The summed E-state index contributed by atoms with van der Waals surface area (Å²) < 4.78 is 5.94. The minimum absolute atomic E-state index is 0.236. The minimum Gasteiger partial charge on any atom is -0.467 e. The molecule has 0 saturated carbocycles. The molecule has 5 nitrogen and oxygen atoms in total. The molecule has 0 atom stereocenters. The summed E-state index contributed by atoms with van der Waals surface area (Å²) in [6, 6.07) is 7.80. The molecule has 5 heterocycles. The average molecular weight is 347 g/mol. The van der Waals surface area contributed by atoms with E-state index in [4.69, 9.17) is 9.25 Å². The number of furan rings is 1. The molecule has 0 radical (unpaired) electrons. The average Bonchev–Trinajstić information content (AvgIpc) is 3.29. The van der Waals surface area contributed by atoms with Crippen LogP contribution in [0.3, 0.4) is 0 Å². The quantitative estimate of drug-likeness (QED) is 0.767. The highest BCUT2D eigenvalue weighted by Gasteiger charge is 2.44. The highest BCUT2D eigenvalue weighted by atomic mass is 32.1. The molecule has 3 fully saturated rings. The van der Waals surface area contributed by atoms with Gasteiger partial charge in [0.1, 0.15) is 25.4 Å². The molecule has 2 aromatic heterocycles. The number of fused-ring (bicyclic) bond motifs is 3. The first-order chi connectivity index (χ1) is 11.7. The Balaban J connectivity index is 1.47. The predicted molar refractivity (Wildman–Crippen MR) is 91.0 cm³/mol. The molecule has 5 rings (SSSR count). The number of carbonyl (C=O) groups excluding carboxylic acids is 1. The van der Waals surface area contributed by atoms with Crippen LogP contribution in [-0.2, 0) is 17.9 Å². The summed E-state index contributed by atoms with van der Waals surface area (Å²) in [5.41, 5.74) is 0. The van der Waals surface area contributed by atoms with Crippen LogP contribution in [0.5, 0.6) is 0 Å². The van der Waals surface area contributed by atoms with Crippen molar-refractivity contribution in [2.45, 2.75) is 32.4 Å². The third kappa shape index (κ3) is 3.35. The van der Waals surface area contributed by atoms with E-state index >= 15 is 0 Å². The van der Waals surface area contributed by atoms with Gasteiger partial charge in [-0.3, -0.25) is 9.74 Å². The zero-order valence-corrected chi connectivity index (χ0v) is 14.5. The number of hydrogen-bond acceptors (Lipinski definition) is 4. The van der Waals surface area contributed by atoms with Gasteiger partial charge >= 0.3 is 6.09 Å². The molecule has 3 aliphatic rings. The van der Waals surface area contributed by atoms with Crippen molar-refractivity contribution in [2.24, 2.45) is 5.92 Å². The van der Waals surface area contributed by atoms with Crippen LogP contribution in [0.2, 0.25) is 0 Å². The summed E-state index contributed by atoms with van der Waals surface area (Å²) in [7, 11) is 0. The van der Waals surface area contributed by atoms with E-state index in [9.17, 15) is 4.79 Å². The van der Waals surface area contributed by atoms with Crippen molar-refractivity contribution < 1.29 is 18.7 Å². The number of piperidine rings is 3. The maximum atomic E-state index is 12.9. The van der Waals surface area contributed by atoms with Crippen LogP contribution < -0.4 is 0 Å². The van der Waals surface area contributed by atoms with Crippen LogP contribution in [0.25, 0.3) is 0 Å². The van der Waals surface area contributed by atoms with Crippen molar-refractivity contribution in [1.29, 1.82) is 0 Å². The van der Waals surface area contributed by atoms with Gasteiger partial charge in [-0.25, -0.2) is 4.79 Å². The predicted octanol–water partition coefficient (Wildman–Crippen LogP) is 4.03. The Labute approximate surface area is 146 Å². The molecular formula is C18H23N2O3S+. The topological polar surface area (TPSA) is 42.7 Å². The molecule has 128 valence electrons. The lowest BCUT2D eigenvalue weighted by atomic mass is 9.88. The number of hydrogen-bond donors (Lipinski definition) is 0. The first-order valence-corrected chi connectivity index (χ1v) is 9.50. The fourth-order valence-electron chi connectivity index (χ4n) is 3.75. The number of rotatable bonds is 5. The maximum absolute atomic E-state index is 12.9. The Bertz CT molecular complexity index is 610. The zero-order valence-electron chi connectivity index (χ0n) is 13.7. The third-order valence-corrected chi connectivity index (χ3v) is 6.08. The first kappa shape index (κ1) is 15.7. The van der Waals surface area contributed by atoms with E-state index in [1.807, 2.05) is 29.6 Å². The largest absolute Gasteiger partial charge is 0.467 e. The van der Waals surface area contributed by atoms with Crippen LogP contribution in [-0.4, -0.2) is 35.3 Å². The number of amides is 1. The number of thiophene rings is 1. The van der Waals surface area contributed by atoms with Gasteiger partial charge in [0.15, 0.2) is 0 Å². The second kappa shape index (κ2) is 6.61. The van der Waals surface area contributed by atoms with Crippen LogP contribution in [0.4, 0.5) is 4.79 Å². The lowest BCUT2D eigenvalue weighted by Crippen LogP contribution is -2.59. The van der Waals surface area contributed by atoms with Crippen molar-refractivity contribution in [3.05, 3.63) is 46.5 Å². The summed E-state index contributed by atoms with van der Waals surface area (Å²) in [5.74, 6) is 1.62. The SMILES string of the molecule is O=C(O[N+]12CCC(CC1)CC2)N(Cc1ccco1)Cc1cccs1. The number of quaternary nitrogens is 1. The van der Waals surface area contributed by atoms with E-state index < -0.39 is 0 Å². The summed E-state index contributed by atoms with van der Waals surface area (Å²) in [6.45, 7) is 3.88. The van der Waals surface area contributed by atoms with Crippen molar-refractivity contribution in [3.8, 4) is 0 Å².